The fourth-order valence-electron chi connectivity index (χ4n) is 1.33. The van der Waals surface area contributed by atoms with Crippen LogP contribution in [0.3, 0.4) is 0 Å². The van der Waals surface area contributed by atoms with E-state index in [1.165, 1.54) is 6.07 Å². The molecule has 3 N–H and O–H groups in total. The largest absolute Gasteiger partial charge is 0.377 e. The van der Waals surface area contributed by atoms with Gasteiger partial charge in [-0.3, -0.25) is 5.32 Å². The van der Waals surface area contributed by atoms with Crippen molar-refractivity contribution in [1.29, 1.82) is 0 Å². The van der Waals surface area contributed by atoms with Crippen LogP contribution in [0.25, 0.3) is 0 Å². The maximum absolute atomic E-state index is 13.5. The van der Waals surface area contributed by atoms with Crippen LogP contribution in [-0.4, -0.2) is 23.9 Å². The summed E-state index contributed by atoms with van der Waals surface area (Å²) in [6.07, 6.45) is -0.712. The third kappa shape index (κ3) is 5.00. The Labute approximate surface area is 106 Å². The molecule has 1 rings (SSSR count). The zero-order chi connectivity index (χ0) is 12.8. The molecule has 0 saturated heterocycles. The smallest absolute Gasteiger partial charge is 0.146 e. The molecule has 17 heavy (non-hydrogen) atoms. The van der Waals surface area contributed by atoms with Crippen molar-refractivity contribution in [3.63, 3.8) is 0 Å². The van der Waals surface area contributed by atoms with Gasteiger partial charge in [-0.25, -0.2) is 4.39 Å². The van der Waals surface area contributed by atoms with E-state index in [1.54, 1.807) is 12.1 Å². The molecule has 0 bridgehead atoms. The van der Waals surface area contributed by atoms with Crippen LogP contribution in [0.2, 0.25) is 5.02 Å². The van der Waals surface area contributed by atoms with Crippen LogP contribution >= 0.6 is 11.6 Å². The fourth-order valence-corrected chi connectivity index (χ4v) is 1.53. The lowest BCUT2D eigenvalue weighted by Gasteiger charge is -2.16. The maximum atomic E-state index is 13.5. The Kier molecular flexibility index (Phi) is 5.85. The zero-order valence-corrected chi connectivity index (χ0v) is 10.8. The quantitative estimate of drug-likeness (QED) is 0.685. The number of nitrogens with one attached hydrogen (secondary N) is 2. The average molecular weight is 261 g/mol. The van der Waals surface area contributed by atoms with E-state index >= 15 is 0 Å². The van der Waals surface area contributed by atoms with Gasteiger partial charge in [0, 0.05) is 24.7 Å². The molecule has 0 amide bonds. The Morgan fingerprint density at radius 3 is 2.71 bits per heavy atom. The van der Waals surface area contributed by atoms with Crippen molar-refractivity contribution in [3.05, 3.63) is 34.6 Å². The van der Waals surface area contributed by atoms with E-state index in [0.29, 0.717) is 18.2 Å². The molecule has 1 atom stereocenters. The van der Waals surface area contributed by atoms with Gasteiger partial charge in [-0.15, -0.1) is 0 Å². The molecule has 1 unspecified atom stereocenters. The van der Waals surface area contributed by atoms with Crippen LogP contribution in [0.15, 0.2) is 18.2 Å². The monoisotopic (exact) mass is 260 g/mol. The zero-order valence-electron chi connectivity index (χ0n) is 10.0. The highest BCUT2D eigenvalue weighted by Gasteiger charge is 2.08. The van der Waals surface area contributed by atoms with Gasteiger partial charge in [-0.2, -0.15) is 0 Å². The summed E-state index contributed by atoms with van der Waals surface area (Å²) in [6, 6.07) is 5.11. The normalized spacial score (nSPS) is 13.1. The highest BCUT2D eigenvalue weighted by atomic mass is 35.5. The third-order valence-corrected chi connectivity index (χ3v) is 2.57. The molecule has 0 aromatic heterocycles. The molecule has 1 aromatic rings. The first-order valence-electron chi connectivity index (χ1n) is 5.58. The van der Waals surface area contributed by atoms with E-state index in [1.807, 2.05) is 13.8 Å². The highest BCUT2D eigenvalue weighted by molar-refractivity contribution is 6.30. The Bertz CT molecular complexity index is 360. The van der Waals surface area contributed by atoms with Gasteiger partial charge in [0.25, 0.3) is 0 Å². The van der Waals surface area contributed by atoms with Crippen LogP contribution in [0.1, 0.15) is 19.4 Å². The van der Waals surface area contributed by atoms with Crippen LogP contribution in [0, 0.1) is 5.82 Å². The lowest BCUT2D eigenvalue weighted by molar-refractivity contribution is 0.130. The van der Waals surface area contributed by atoms with Crippen molar-refractivity contribution in [2.75, 3.05) is 6.54 Å². The standard InChI is InChI=1S/C12H18ClFN2O/c1-8(2)15-7-11(17)16-6-9-4-3-5-10(13)12(9)14/h3-5,8,11,15-17H,6-7H2,1-2H3. The molecular weight excluding hydrogens is 243 g/mol. The summed E-state index contributed by atoms with van der Waals surface area (Å²) in [5, 5.41) is 15.6. The lowest BCUT2D eigenvalue weighted by atomic mass is 10.2. The summed E-state index contributed by atoms with van der Waals surface area (Å²) in [4.78, 5) is 0. The molecule has 3 nitrogen and oxygen atoms in total. The average Bonchev–Trinajstić information content (AvgIpc) is 2.28. The van der Waals surface area contributed by atoms with Gasteiger partial charge in [0.15, 0.2) is 0 Å². The number of rotatable bonds is 6. The minimum absolute atomic E-state index is 0.0964. The summed E-state index contributed by atoms with van der Waals surface area (Å²) in [5.41, 5.74) is 0.445. The van der Waals surface area contributed by atoms with E-state index in [9.17, 15) is 9.50 Å². The van der Waals surface area contributed by atoms with Crippen molar-refractivity contribution in [2.24, 2.45) is 0 Å². The molecule has 0 saturated carbocycles. The van der Waals surface area contributed by atoms with Crippen LogP contribution in [0.4, 0.5) is 4.39 Å². The van der Waals surface area contributed by atoms with Gasteiger partial charge >= 0.3 is 0 Å². The molecule has 1 aromatic carbocycles. The molecule has 0 heterocycles. The van der Waals surface area contributed by atoms with E-state index in [0.717, 1.165) is 0 Å². The summed E-state index contributed by atoms with van der Waals surface area (Å²) in [7, 11) is 0. The van der Waals surface area contributed by atoms with Gasteiger partial charge < -0.3 is 10.4 Å². The minimum Gasteiger partial charge on any atom is -0.377 e. The van der Waals surface area contributed by atoms with Gasteiger partial charge in [0.2, 0.25) is 0 Å². The predicted octanol–water partition coefficient (Wildman–Crippen LogP) is 1.89. The Morgan fingerprint density at radius 2 is 2.06 bits per heavy atom. The Morgan fingerprint density at radius 1 is 1.35 bits per heavy atom. The summed E-state index contributed by atoms with van der Waals surface area (Å²) in [5.74, 6) is -0.439. The van der Waals surface area contributed by atoms with Crippen molar-refractivity contribution in [1.82, 2.24) is 10.6 Å². The summed E-state index contributed by atoms with van der Waals surface area (Å²) in [6.45, 7) is 4.64. The first kappa shape index (κ1) is 14.4. The topological polar surface area (TPSA) is 44.3 Å². The van der Waals surface area contributed by atoms with E-state index in [-0.39, 0.29) is 11.6 Å². The third-order valence-electron chi connectivity index (χ3n) is 2.28. The maximum Gasteiger partial charge on any atom is 0.146 e. The molecule has 0 aliphatic rings. The van der Waals surface area contributed by atoms with Crippen LogP contribution in [0.5, 0.6) is 0 Å². The van der Waals surface area contributed by atoms with Crippen molar-refractivity contribution in [3.8, 4) is 0 Å². The number of hydrogen-bond acceptors (Lipinski definition) is 3. The Hall–Kier alpha value is -0.680. The van der Waals surface area contributed by atoms with Crippen molar-refractivity contribution >= 4 is 11.6 Å². The first-order valence-corrected chi connectivity index (χ1v) is 5.96. The van der Waals surface area contributed by atoms with E-state index in [2.05, 4.69) is 10.6 Å². The van der Waals surface area contributed by atoms with Gasteiger partial charge in [0.05, 0.1) is 5.02 Å². The number of halogens is 2. The summed E-state index contributed by atoms with van der Waals surface area (Å²) < 4.78 is 13.5. The second-order valence-corrected chi connectivity index (χ2v) is 4.58. The van der Waals surface area contributed by atoms with Crippen LogP contribution < -0.4 is 10.6 Å². The second-order valence-electron chi connectivity index (χ2n) is 4.17. The van der Waals surface area contributed by atoms with Gasteiger partial charge in [-0.05, 0) is 6.07 Å². The highest BCUT2D eigenvalue weighted by Crippen LogP contribution is 2.17. The number of hydrogen-bond donors (Lipinski definition) is 3. The number of aliphatic hydroxyl groups excluding tert-OH is 1. The summed E-state index contributed by atoms with van der Waals surface area (Å²) >= 11 is 5.65. The van der Waals surface area contributed by atoms with E-state index < -0.39 is 12.0 Å². The first-order chi connectivity index (χ1) is 8.00. The Balaban J connectivity index is 2.42. The number of aliphatic hydroxyl groups is 1. The van der Waals surface area contributed by atoms with Crippen LogP contribution in [-0.2, 0) is 6.54 Å². The molecule has 0 radical (unpaired) electrons. The second kappa shape index (κ2) is 6.91. The van der Waals surface area contributed by atoms with Crippen molar-refractivity contribution in [2.45, 2.75) is 32.7 Å². The SMILES string of the molecule is CC(C)NCC(O)NCc1cccc(Cl)c1F. The molecular formula is C12H18ClFN2O. The molecule has 0 aliphatic heterocycles. The molecule has 96 valence electrons. The van der Waals surface area contributed by atoms with Gasteiger partial charge in [0.1, 0.15) is 12.0 Å². The predicted molar refractivity (Wildman–Crippen MR) is 67.4 cm³/mol. The number of benzene rings is 1. The fraction of sp³-hybridized carbons (Fsp3) is 0.500. The van der Waals surface area contributed by atoms with Gasteiger partial charge in [-0.1, -0.05) is 37.6 Å². The molecule has 5 heteroatoms. The van der Waals surface area contributed by atoms with E-state index in [4.69, 9.17) is 11.6 Å². The lowest BCUT2D eigenvalue weighted by Crippen LogP contribution is -2.40. The molecule has 0 spiro atoms. The molecule has 0 fully saturated rings. The van der Waals surface area contributed by atoms with Crippen molar-refractivity contribution < 1.29 is 9.50 Å². The molecule has 0 aliphatic carbocycles. The minimum atomic E-state index is -0.712.